The molecule has 0 aromatic heterocycles. The van der Waals surface area contributed by atoms with Crippen molar-refractivity contribution in [2.75, 3.05) is 13.7 Å². The molecule has 7 nitrogen and oxygen atoms in total. The molecule has 1 unspecified atom stereocenters. The molecule has 0 aliphatic carbocycles. The van der Waals surface area contributed by atoms with E-state index in [4.69, 9.17) is 10.8 Å². The highest BCUT2D eigenvalue weighted by Gasteiger charge is 2.17. The molecule has 0 fully saturated rings. The molecule has 102 valence electrons. The van der Waals surface area contributed by atoms with Gasteiger partial charge in [-0.25, -0.2) is 4.79 Å². The third-order valence-electron chi connectivity index (χ3n) is 2.44. The molecule has 1 aromatic carbocycles. The summed E-state index contributed by atoms with van der Waals surface area (Å²) in [6.45, 7) is -0.151. The van der Waals surface area contributed by atoms with E-state index in [1.165, 1.54) is 31.4 Å². The van der Waals surface area contributed by atoms with Crippen molar-refractivity contribution in [2.24, 2.45) is 5.73 Å². The minimum absolute atomic E-state index is 0.151. The molecule has 0 bridgehead atoms. The molecule has 0 aliphatic rings. The fourth-order valence-electron chi connectivity index (χ4n) is 1.34. The maximum Gasteiger partial charge on any atom is 0.334 e. The van der Waals surface area contributed by atoms with Gasteiger partial charge in [0.1, 0.15) is 0 Å². The van der Waals surface area contributed by atoms with Crippen molar-refractivity contribution in [3.8, 4) is 0 Å². The Bertz CT molecular complexity index is 483. The van der Waals surface area contributed by atoms with Crippen LogP contribution in [0.25, 0.3) is 0 Å². The average molecular weight is 266 g/mol. The van der Waals surface area contributed by atoms with Gasteiger partial charge in [0.05, 0.1) is 6.54 Å². The van der Waals surface area contributed by atoms with E-state index < -0.39 is 23.9 Å². The molecule has 7 heteroatoms. The molecule has 1 rings (SSSR count). The van der Waals surface area contributed by atoms with E-state index in [1.54, 1.807) is 0 Å². The zero-order chi connectivity index (χ0) is 14.4. The second kappa shape index (κ2) is 6.50. The van der Waals surface area contributed by atoms with E-state index in [1.807, 2.05) is 0 Å². The number of primary amides is 1. The zero-order valence-electron chi connectivity index (χ0n) is 10.3. The predicted molar refractivity (Wildman–Crippen MR) is 65.7 cm³/mol. The summed E-state index contributed by atoms with van der Waals surface area (Å²) >= 11 is 0. The van der Waals surface area contributed by atoms with Gasteiger partial charge in [-0.3, -0.25) is 9.59 Å². The first-order chi connectivity index (χ1) is 8.95. The monoisotopic (exact) mass is 266 g/mol. The SMILES string of the molecule is COC(CNC(=O)c1ccc(C(N)=O)cc1)C(=O)O. The van der Waals surface area contributed by atoms with Gasteiger partial charge in [-0.05, 0) is 24.3 Å². The number of aliphatic carboxylic acids is 1. The molecule has 2 amide bonds. The Hall–Kier alpha value is -2.41. The number of methoxy groups -OCH3 is 1. The predicted octanol–water partition coefficient (Wildman–Crippen LogP) is -0.385. The molecular formula is C12H14N2O5. The second-order valence-electron chi connectivity index (χ2n) is 3.71. The van der Waals surface area contributed by atoms with Crippen molar-refractivity contribution >= 4 is 17.8 Å². The molecular weight excluding hydrogens is 252 g/mol. The number of nitrogens with one attached hydrogen (secondary N) is 1. The highest BCUT2D eigenvalue weighted by atomic mass is 16.5. The Morgan fingerprint density at radius 3 is 2.21 bits per heavy atom. The van der Waals surface area contributed by atoms with Crippen molar-refractivity contribution in [1.29, 1.82) is 0 Å². The lowest BCUT2D eigenvalue weighted by Gasteiger charge is -2.11. The van der Waals surface area contributed by atoms with Gasteiger partial charge in [0.25, 0.3) is 5.91 Å². The van der Waals surface area contributed by atoms with Crippen molar-refractivity contribution < 1.29 is 24.2 Å². The van der Waals surface area contributed by atoms with Gasteiger partial charge in [-0.1, -0.05) is 0 Å². The Kier molecular flexibility index (Phi) is 5.01. The number of carboxylic acids is 1. The van der Waals surface area contributed by atoms with Crippen LogP contribution in [0.5, 0.6) is 0 Å². The van der Waals surface area contributed by atoms with Gasteiger partial charge in [0, 0.05) is 18.2 Å². The fourth-order valence-corrected chi connectivity index (χ4v) is 1.34. The molecule has 0 aliphatic heterocycles. The van der Waals surface area contributed by atoms with Crippen molar-refractivity contribution in [3.63, 3.8) is 0 Å². The summed E-state index contributed by atoms with van der Waals surface area (Å²) in [5, 5.41) is 11.1. The second-order valence-corrected chi connectivity index (χ2v) is 3.71. The molecule has 4 N–H and O–H groups in total. The first-order valence-electron chi connectivity index (χ1n) is 5.39. The average Bonchev–Trinajstić information content (AvgIpc) is 2.38. The summed E-state index contributed by atoms with van der Waals surface area (Å²) in [6, 6.07) is 5.69. The van der Waals surface area contributed by atoms with E-state index in [-0.39, 0.29) is 12.1 Å². The summed E-state index contributed by atoms with van der Waals surface area (Å²) in [4.78, 5) is 33.2. The van der Waals surface area contributed by atoms with Gasteiger partial charge in [-0.15, -0.1) is 0 Å². The number of amides is 2. The summed E-state index contributed by atoms with van der Waals surface area (Å²) in [6.07, 6.45) is -1.10. The quantitative estimate of drug-likeness (QED) is 0.648. The minimum Gasteiger partial charge on any atom is -0.479 e. The maximum absolute atomic E-state index is 11.7. The lowest BCUT2D eigenvalue weighted by atomic mass is 10.1. The molecule has 0 spiro atoms. The minimum atomic E-state index is -1.16. The van der Waals surface area contributed by atoms with Gasteiger partial charge < -0.3 is 20.9 Å². The van der Waals surface area contributed by atoms with Crippen molar-refractivity contribution in [1.82, 2.24) is 5.32 Å². The van der Waals surface area contributed by atoms with Crippen LogP contribution in [0.15, 0.2) is 24.3 Å². The normalized spacial score (nSPS) is 11.6. The first-order valence-corrected chi connectivity index (χ1v) is 5.39. The van der Waals surface area contributed by atoms with Crippen LogP contribution in [-0.2, 0) is 9.53 Å². The van der Waals surface area contributed by atoms with E-state index >= 15 is 0 Å². The molecule has 0 radical (unpaired) electrons. The van der Waals surface area contributed by atoms with Crippen LogP contribution < -0.4 is 11.1 Å². The third kappa shape index (κ3) is 4.07. The number of ether oxygens (including phenoxy) is 1. The Labute approximate surface area is 109 Å². The number of hydrogen-bond acceptors (Lipinski definition) is 4. The van der Waals surface area contributed by atoms with Gasteiger partial charge in [0.2, 0.25) is 5.91 Å². The summed E-state index contributed by atoms with van der Waals surface area (Å²) in [7, 11) is 1.24. The topological polar surface area (TPSA) is 119 Å². The lowest BCUT2D eigenvalue weighted by molar-refractivity contribution is -0.148. The van der Waals surface area contributed by atoms with Gasteiger partial charge >= 0.3 is 5.97 Å². The Morgan fingerprint density at radius 2 is 1.79 bits per heavy atom. The number of hydrogen-bond donors (Lipinski definition) is 3. The van der Waals surface area contributed by atoms with Crippen LogP contribution in [0, 0.1) is 0 Å². The standard InChI is InChI=1S/C12H14N2O5/c1-19-9(12(17)18)6-14-11(16)8-4-2-7(3-5-8)10(13)15/h2-5,9H,6H2,1H3,(H2,13,15)(H,14,16)(H,17,18). The van der Waals surface area contributed by atoms with E-state index in [0.29, 0.717) is 5.56 Å². The fraction of sp³-hybridized carbons (Fsp3) is 0.250. The largest absolute Gasteiger partial charge is 0.479 e. The Morgan fingerprint density at radius 1 is 1.26 bits per heavy atom. The molecule has 0 saturated carbocycles. The number of carboxylic acid groups (broad SMARTS) is 1. The molecule has 1 atom stereocenters. The molecule has 1 aromatic rings. The molecule has 0 heterocycles. The van der Waals surface area contributed by atoms with Gasteiger partial charge in [0.15, 0.2) is 6.10 Å². The zero-order valence-corrected chi connectivity index (χ0v) is 10.3. The molecule has 0 saturated heterocycles. The maximum atomic E-state index is 11.7. The number of carbonyl (C=O) groups is 3. The first kappa shape index (κ1) is 14.7. The number of benzene rings is 1. The summed E-state index contributed by atoms with van der Waals surface area (Å²) in [5.74, 6) is -2.21. The van der Waals surface area contributed by atoms with Crippen LogP contribution in [0.2, 0.25) is 0 Å². The van der Waals surface area contributed by atoms with Gasteiger partial charge in [-0.2, -0.15) is 0 Å². The van der Waals surface area contributed by atoms with Crippen molar-refractivity contribution in [3.05, 3.63) is 35.4 Å². The van der Waals surface area contributed by atoms with Crippen LogP contribution >= 0.6 is 0 Å². The third-order valence-corrected chi connectivity index (χ3v) is 2.44. The van der Waals surface area contributed by atoms with Crippen LogP contribution in [-0.4, -0.2) is 42.6 Å². The number of nitrogens with two attached hydrogens (primary N) is 1. The number of carbonyl (C=O) groups excluding carboxylic acids is 2. The smallest absolute Gasteiger partial charge is 0.334 e. The van der Waals surface area contributed by atoms with Crippen LogP contribution in [0.4, 0.5) is 0 Å². The summed E-state index contributed by atoms with van der Waals surface area (Å²) < 4.78 is 4.67. The van der Waals surface area contributed by atoms with E-state index in [2.05, 4.69) is 10.1 Å². The van der Waals surface area contributed by atoms with Crippen LogP contribution in [0.3, 0.4) is 0 Å². The number of rotatable bonds is 6. The van der Waals surface area contributed by atoms with E-state index in [0.717, 1.165) is 0 Å². The lowest BCUT2D eigenvalue weighted by Crippen LogP contribution is -2.37. The highest BCUT2D eigenvalue weighted by Crippen LogP contribution is 2.04. The van der Waals surface area contributed by atoms with E-state index in [9.17, 15) is 14.4 Å². The highest BCUT2D eigenvalue weighted by molar-refractivity contribution is 5.97. The van der Waals surface area contributed by atoms with Crippen molar-refractivity contribution in [2.45, 2.75) is 6.10 Å². The molecule has 19 heavy (non-hydrogen) atoms. The van der Waals surface area contributed by atoms with Crippen LogP contribution in [0.1, 0.15) is 20.7 Å². The Balaban J connectivity index is 2.63. The summed E-state index contributed by atoms with van der Waals surface area (Å²) in [5.41, 5.74) is 5.65.